The van der Waals surface area contributed by atoms with E-state index in [1.807, 2.05) is 6.07 Å². The van der Waals surface area contributed by atoms with E-state index in [1.54, 1.807) is 42.5 Å². The lowest BCUT2D eigenvalue weighted by Gasteiger charge is -2.14. The van der Waals surface area contributed by atoms with Crippen molar-refractivity contribution in [1.29, 1.82) is 0 Å². The molecule has 5 heteroatoms. The maximum atomic E-state index is 13.2. The Morgan fingerprint density at radius 3 is 2.17 bits per heavy atom. The van der Waals surface area contributed by atoms with E-state index in [1.165, 1.54) is 18.2 Å². The molecule has 1 N–H and O–H groups in total. The van der Waals surface area contributed by atoms with Gasteiger partial charge in [-0.3, -0.25) is 0 Å². The van der Waals surface area contributed by atoms with Crippen molar-refractivity contribution in [3.8, 4) is 28.4 Å². The van der Waals surface area contributed by atoms with Crippen LogP contribution in [0.25, 0.3) is 11.1 Å². The van der Waals surface area contributed by atoms with Crippen molar-refractivity contribution in [2.24, 2.45) is 0 Å². The second-order valence-corrected chi connectivity index (χ2v) is 5.17. The van der Waals surface area contributed by atoms with Gasteiger partial charge in [0, 0.05) is 0 Å². The van der Waals surface area contributed by atoms with Crippen molar-refractivity contribution in [3.63, 3.8) is 0 Å². The number of rotatable bonds is 3. The van der Waals surface area contributed by atoms with Crippen LogP contribution in [-0.4, -0.2) is 5.11 Å². The van der Waals surface area contributed by atoms with E-state index in [4.69, 9.17) is 4.74 Å². The maximum absolute atomic E-state index is 13.2. The summed E-state index contributed by atoms with van der Waals surface area (Å²) in [6.07, 6.45) is -4.57. The minimum Gasteiger partial charge on any atom is -0.508 e. The largest absolute Gasteiger partial charge is 0.508 e. The van der Waals surface area contributed by atoms with Gasteiger partial charge in [0.15, 0.2) is 0 Å². The highest BCUT2D eigenvalue weighted by molar-refractivity contribution is 5.70. The molecule has 3 aromatic carbocycles. The van der Waals surface area contributed by atoms with Gasteiger partial charge in [-0.05, 0) is 47.5 Å². The molecule has 3 rings (SSSR count). The van der Waals surface area contributed by atoms with Gasteiger partial charge in [-0.1, -0.05) is 36.4 Å². The highest BCUT2D eigenvalue weighted by Gasteiger charge is 2.34. The van der Waals surface area contributed by atoms with Gasteiger partial charge in [0.05, 0.1) is 5.56 Å². The average Bonchev–Trinajstić information content (AvgIpc) is 2.55. The molecular weight excluding hydrogens is 317 g/mol. The van der Waals surface area contributed by atoms with E-state index in [-0.39, 0.29) is 5.56 Å². The fourth-order valence-corrected chi connectivity index (χ4v) is 2.37. The van der Waals surface area contributed by atoms with E-state index in [0.717, 1.165) is 6.07 Å². The van der Waals surface area contributed by atoms with Crippen molar-refractivity contribution < 1.29 is 23.0 Å². The minimum absolute atomic E-state index is 0.0150. The van der Waals surface area contributed by atoms with Crippen molar-refractivity contribution in [2.45, 2.75) is 6.18 Å². The summed E-state index contributed by atoms with van der Waals surface area (Å²) in [5.74, 6) is 0.596. The molecule has 0 heterocycles. The first-order chi connectivity index (χ1) is 11.4. The number of hydrogen-bond acceptors (Lipinski definition) is 2. The summed E-state index contributed by atoms with van der Waals surface area (Å²) in [4.78, 5) is 0. The molecule has 3 aromatic rings. The molecule has 0 aliphatic carbocycles. The number of aromatic hydroxyl groups is 1. The molecule has 0 aromatic heterocycles. The molecule has 0 unspecified atom stereocenters. The number of alkyl halides is 3. The van der Waals surface area contributed by atoms with Crippen molar-refractivity contribution in [3.05, 3.63) is 78.4 Å². The highest BCUT2D eigenvalue weighted by Crippen LogP contribution is 2.39. The quantitative estimate of drug-likeness (QED) is 0.651. The van der Waals surface area contributed by atoms with Gasteiger partial charge in [-0.2, -0.15) is 13.2 Å². The van der Waals surface area contributed by atoms with Crippen LogP contribution in [-0.2, 0) is 6.18 Å². The second-order valence-electron chi connectivity index (χ2n) is 5.17. The fourth-order valence-electron chi connectivity index (χ4n) is 2.37. The van der Waals surface area contributed by atoms with E-state index >= 15 is 0 Å². The van der Waals surface area contributed by atoms with E-state index in [2.05, 4.69) is 0 Å². The Kier molecular flexibility index (Phi) is 4.16. The predicted molar refractivity (Wildman–Crippen MR) is 85.1 cm³/mol. The van der Waals surface area contributed by atoms with Crippen LogP contribution in [0.5, 0.6) is 17.2 Å². The third kappa shape index (κ3) is 3.51. The molecule has 2 nitrogen and oxygen atoms in total. The Morgan fingerprint density at radius 1 is 0.750 bits per heavy atom. The standard InChI is InChI=1S/C19H13F3O2/c20-19(21,22)18-12-14(23)9-10-17(18)13-5-4-8-16(11-13)24-15-6-2-1-3-7-15/h1-12,23H. The Bertz CT molecular complexity index is 843. The van der Waals surface area contributed by atoms with E-state index in [0.29, 0.717) is 17.1 Å². The normalized spacial score (nSPS) is 11.3. The zero-order chi connectivity index (χ0) is 17.2. The number of benzene rings is 3. The van der Waals surface area contributed by atoms with Crippen LogP contribution in [0, 0.1) is 0 Å². The summed E-state index contributed by atoms with van der Waals surface area (Å²) in [6, 6.07) is 18.6. The number of phenols is 1. The molecule has 24 heavy (non-hydrogen) atoms. The lowest BCUT2D eigenvalue weighted by molar-refractivity contribution is -0.137. The zero-order valence-corrected chi connectivity index (χ0v) is 12.4. The summed E-state index contributed by atoms with van der Waals surface area (Å²) in [6.45, 7) is 0. The first-order valence-electron chi connectivity index (χ1n) is 7.17. The minimum atomic E-state index is -4.57. The molecule has 0 atom stereocenters. The Morgan fingerprint density at radius 2 is 1.46 bits per heavy atom. The number of ether oxygens (including phenoxy) is 1. The number of hydrogen-bond donors (Lipinski definition) is 1. The van der Waals surface area contributed by atoms with Gasteiger partial charge >= 0.3 is 6.18 Å². The summed E-state index contributed by atoms with van der Waals surface area (Å²) in [5, 5.41) is 9.37. The van der Waals surface area contributed by atoms with Crippen LogP contribution in [0.15, 0.2) is 72.8 Å². The zero-order valence-electron chi connectivity index (χ0n) is 12.4. The fraction of sp³-hybridized carbons (Fsp3) is 0.0526. The molecular formula is C19H13F3O2. The molecule has 0 amide bonds. The van der Waals surface area contributed by atoms with Crippen LogP contribution >= 0.6 is 0 Å². The van der Waals surface area contributed by atoms with E-state index in [9.17, 15) is 18.3 Å². The van der Waals surface area contributed by atoms with E-state index < -0.39 is 17.5 Å². The van der Waals surface area contributed by atoms with Crippen LogP contribution in [0.3, 0.4) is 0 Å². The molecule has 0 spiro atoms. The van der Waals surface area contributed by atoms with Crippen LogP contribution in [0.2, 0.25) is 0 Å². The Labute approximate surface area is 136 Å². The summed E-state index contributed by atoms with van der Waals surface area (Å²) in [7, 11) is 0. The first-order valence-corrected chi connectivity index (χ1v) is 7.17. The van der Waals surface area contributed by atoms with Gasteiger partial charge in [-0.15, -0.1) is 0 Å². The summed E-state index contributed by atoms with van der Waals surface area (Å²) < 4.78 is 45.3. The second kappa shape index (κ2) is 6.28. The van der Waals surface area contributed by atoms with Crippen molar-refractivity contribution in [1.82, 2.24) is 0 Å². The predicted octanol–water partition coefficient (Wildman–Crippen LogP) is 5.87. The smallest absolute Gasteiger partial charge is 0.417 e. The third-order valence-electron chi connectivity index (χ3n) is 3.43. The number of halogens is 3. The summed E-state index contributed by atoms with van der Waals surface area (Å²) in [5.41, 5.74) is -0.547. The van der Waals surface area contributed by atoms with Gasteiger partial charge in [0.2, 0.25) is 0 Å². The molecule has 0 saturated heterocycles. The molecule has 0 bridgehead atoms. The van der Waals surface area contributed by atoms with Gasteiger partial charge in [0.1, 0.15) is 17.2 Å². The molecule has 0 aliphatic rings. The molecule has 0 radical (unpaired) electrons. The third-order valence-corrected chi connectivity index (χ3v) is 3.43. The number of para-hydroxylation sites is 1. The molecule has 0 saturated carbocycles. The van der Waals surface area contributed by atoms with Crippen molar-refractivity contribution in [2.75, 3.05) is 0 Å². The first kappa shape index (κ1) is 15.9. The van der Waals surface area contributed by atoms with Crippen LogP contribution in [0.4, 0.5) is 13.2 Å². The average molecular weight is 330 g/mol. The van der Waals surface area contributed by atoms with Crippen LogP contribution < -0.4 is 4.74 Å². The van der Waals surface area contributed by atoms with Crippen molar-refractivity contribution >= 4 is 0 Å². The number of phenolic OH excluding ortho intramolecular Hbond substituents is 1. The summed E-state index contributed by atoms with van der Waals surface area (Å²) >= 11 is 0. The lowest BCUT2D eigenvalue weighted by atomic mass is 9.99. The maximum Gasteiger partial charge on any atom is 0.417 e. The van der Waals surface area contributed by atoms with Gasteiger partial charge in [-0.25, -0.2) is 0 Å². The molecule has 122 valence electrons. The molecule has 0 fully saturated rings. The lowest BCUT2D eigenvalue weighted by Crippen LogP contribution is -2.07. The molecule has 0 aliphatic heterocycles. The topological polar surface area (TPSA) is 29.5 Å². The van der Waals surface area contributed by atoms with Crippen LogP contribution in [0.1, 0.15) is 5.56 Å². The monoisotopic (exact) mass is 330 g/mol. The van der Waals surface area contributed by atoms with Gasteiger partial charge in [0.25, 0.3) is 0 Å². The SMILES string of the molecule is Oc1ccc(-c2cccc(Oc3ccccc3)c2)c(C(F)(F)F)c1. The Hall–Kier alpha value is -2.95. The highest BCUT2D eigenvalue weighted by atomic mass is 19.4. The van der Waals surface area contributed by atoms with Gasteiger partial charge < -0.3 is 9.84 Å². The Balaban J connectivity index is 2.01.